The summed E-state index contributed by atoms with van der Waals surface area (Å²) in [4.78, 5) is 2.58. The van der Waals surface area contributed by atoms with Crippen molar-refractivity contribution in [3.63, 3.8) is 0 Å². The second-order valence-electron chi connectivity index (χ2n) is 6.67. The highest BCUT2D eigenvalue weighted by Gasteiger charge is 2.21. The van der Waals surface area contributed by atoms with E-state index >= 15 is 0 Å². The van der Waals surface area contributed by atoms with Gasteiger partial charge in [0.1, 0.15) is 0 Å². The zero-order valence-electron chi connectivity index (χ0n) is 15.0. The average molecular weight is 349 g/mol. The second kappa shape index (κ2) is 8.65. The standard InChI is InChI=1S/C19H28N4.ClH/c1-15-19(14-22-11-9-17(10-12-22)13-20-3)16(2)23(21-15)18-7-5-4-6-8-18;/h4-8,17,20H,9-14H2,1-3H3;1H. The van der Waals surface area contributed by atoms with Gasteiger partial charge in [0, 0.05) is 17.8 Å². The average Bonchev–Trinajstić information content (AvgIpc) is 2.86. The number of rotatable bonds is 5. The first-order chi connectivity index (χ1) is 11.2. The van der Waals surface area contributed by atoms with Crippen molar-refractivity contribution in [3.8, 4) is 5.69 Å². The molecule has 0 aliphatic carbocycles. The van der Waals surface area contributed by atoms with Crippen LogP contribution in [0.1, 0.15) is 29.8 Å². The Morgan fingerprint density at radius 2 is 1.79 bits per heavy atom. The van der Waals surface area contributed by atoms with E-state index in [4.69, 9.17) is 5.10 Å². The highest BCUT2D eigenvalue weighted by molar-refractivity contribution is 5.85. The maximum absolute atomic E-state index is 4.77. The van der Waals surface area contributed by atoms with Gasteiger partial charge in [-0.25, -0.2) is 4.68 Å². The first-order valence-electron chi connectivity index (χ1n) is 8.66. The molecule has 1 N–H and O–H groups in total. The van der Waals surface area contributed by atoms with Crippen LogP contribution in [0.3, 0.4) is 0 Å². The molecular formula is C19H29ClN4. The van der Waals surface area contributed by atoms with E-state index in [1.165, 1.54) is 37.2 Å². The molecule has 4 nitrogen and oxygen atoms in total. The molecular weight excluding hydrogens is 320 g/mol. The summed E-state index contributed by atoms with van der Waals surface area (Å²) < 4.78 is 2.08. The van der Waals surface area contributed by atoms with Crippen LogP contribution in [0.25, 0.3) is 5.69 Å². The Morgan fingerprint density at radius 3 is 2.42 bits per heavy atom. The molecule has 2 aromatic rings. The van der Waals surface area contributed by atoms with Gasteiger partial charge in [-0.05, 0) is 71.4 Å². The predicted octanol–water partition coefficient (Wildman–Crippen LogP) is 3.34. The molecule has 1 aliphatic rings. The zero-order chi connectivity index (χ0) is 16.2. The lowest BCUT2D eigenvalue weighted by molar-refractivity contribution is 0.176. The fourth-order valence-electron chi connectivity index (χ4n) is 3.59. The highest BCUT2D eigenvalue weighted by Crippen LogP contribution is 2.23. The van der Waals surface area contributed by atoms with Gasteiger partial charge >= 0.3 is 0 Å². The fraction of sp³-hybridized carbons (Fsp3) is 0.526. The highest BCUT2D eigenvalue weighted by atomic mass is 35.5. The van der Waals surface area contributed by atoms with E-state index in [0.717, 1.165) is 30.4 Å². The summed E-state index contributed by atoms with van der Waals surface area (Å²) in [5.74, 6) is 0.838. The van der Waals surface area contributed by atoms with Crippen molar-refractivity contribution in [2.24, 2.45) is 5.92 Å². The number of aryl methyl sites for hydroxylation is 1. The quantitative estimate of drug-likeness (QED) is 0.899. The predicted molar refractivity (Wildman–Crippen MR) is 102 cm³/mol. The van der Waals surface area contributed by atoms with Crippen LogP contribution in [-0.2, 0) is 6.54 Å². The van der Waals surface area contributed by atoms with Gasteiger partial charge in [0.05, 0.1) is 11.4 Å². The van der Waals surface area contributed by atoms with E-state index in [1.54, 1.807) is 0 Å². The van der Waals surface area contributed by atoms with Crippen molar-refractivity contribution in [2.75, 3.05) is 26.7 Å². The third kappa shape index (κ3) is 4.18. The maximum Gasteiger partial charge on any atom is 0.0648 e. The van der Waals surface area contributed by atoms with Crippen molar-refractivity contribution in [3.05, 3.63) is 47.3 Å². The summed E-state index contributed by atoms with van der Waals surface area (Å²) in [7, 11) is 2.05. The number of benzene rings is 1. The molecule has 1 aromatic heterocycles. The van der Waals surface area contributed by atoms with Crippen LogP contribution in [0.2, 0.25) is 0 Å². The van der Waals surface area contributed by atoms with Crippen LogP contribution in [-0.4, -0.2) is 41.4 Å². The Balaban J connectivity index is 0.00000208. The molecule has 1 saturated heterocycles. The molecule has 1 aliphatic heterocycles. The molecule has 0 unspecified atom stereocenters. The molecule has 132 valence electrons. The van der Waals surface area contributed by atoms with Crippen molar-refractivity contribution in [1.29, 1.82) is 0 Å². The molecule has 2 heterocycles. The number of hydrogen-bond donors (Lipinski definition) is 1. The van der Waals surface area contributed by atoms with Crippen molar-refractivity contribution in [2.45, 2.75) is 33.2 Å². The van der Waals surface area contributed by atoms with Crippen molar-refractivity contribution in [1.82, 2.24) is 20.0 Å². The Morgan fingerprint density at radius 1 is 1.12 bits per heavy atom. The SMILES string of the molecule is CNCC1CCN(Cc2c(C)nn(-c3ccccc3)c2C)CC1.Cl. The summed E-state index contributed by atoms with van der Waals surface area (Å²) in [5.41, 5.74) is 4.96. The minimum absolute atomic E-state index is 0. The van der Waals surface area contributed by atoms with E-state index in [2.05, 4.69) is 60.1 Å². The van der Waals surface area contributed by atoms with Gasteiger partial charge in [-0.1, -0.05) is 18.2 Å². The molecule has 0 saturated carbocycles. The summed E-state index contributed by atoms with van der Waals surface area (Å²) in [6.07, 6.45) is 2.59. The summed E-state index contributed by atoms with van der Waals surface area (Å²) in [6, 6.07) is 10.4. The molecule has 3 rings (SSSR count). The number of nitrogens with zero attached hydrogens (tertiary/aromatic N) is 3. The van der Waals surface area contributed by atoms with E-state index in [9.17, 15) is 0 Å². The van der Waals surface area contributed by atoms with Gasteiger partial charge in [0.15, 0.2) is 0 Å². The molecule has 0 amide bonds. The van der Waals surface area contributed by atoms with E-state index in [-0.39, 0.29) is 12.4 Å². The summed E-state index contributed by atoms with van der Waals surface area (Å²) in [5, 5.41) is 8.08. The normalized spacial score (nSPS) is 16.1. The Kier molecular flexibility index (Phi) is 6.84. The van der Waals surface area contributed by atoms with Crippen LogP contribution in [0.5, 0.6) is 0 Å². The van der Waals surface area contributed by atoms with Gasteiger partial charge < -0.3 is 5.32 Å². The number of para-hydroxylation sites is 1. The molecule has 5 heteroatoms. The lowest BCUT2D eigenvalue weighted by Crippen LogP contribution is -2.36. The molecule has 0 radical (unpaired) electrons. The van der Waals surface area contributed by atoms with E-state index in [1.807, 2.05) is 6.07 Å². The number of nitrogens with one attached hydrogen (secondary N) is 1. The zero-order valence-corrected chi connectivity index (χ0v) is 15.8. The molecule has 0 bridgehead atoms. The smallest absolute Gasteiger partial charge is 0.0648 e. The first-order valence-corrected chi connectivity index (χ1v) is 8.66. The topological polar surface area (TPSA) is 33.1 Å². The second-order valence-corrected chi connectivity index (χ2v) is 6.67. The lowest BCUT2D eigenvalue weighted by Gasteiger charge is -2.31. The Labute approximate surface area is 151 Å². The molecule has 0 spiro atoms. The van der Waals surface area contributed by atoms with Gasteiger partial charge in [-0.3, -0.25) is 4.90 Å². The number of halogens is 1. The summed E-state index contributed by atoms with van der Waals surface area (Å²) >= 11 is 0. The third-order valence-corrected chi connectivity index (χ3v) is 5.02. The number of piperidine rings is 1. The Hall–Kier alpha value is -1.36. The molecule has 1 aromatic carbocycles. The van der Waals surface area contributed by atoms with E-state index < -0.39 is 0 Å². The van der Waals surface area contributed by atoms with Gasteiger partial charge in [0.2, 0.25) is 0 Å². The molecule has 1 fully saturated rings. The van der Waals surface area contributed by atoms with Crippen LogP contribution in [0.4, 0.5) is 0 Å². The van der Waals surface area contributed by atoms with Crippen LogP contribution >= 0.6 is 12.4 Å². The van der Waals surface area contributed by atoms with Crippen LogP contribution < -0.4 is 5.32 Å². The molecule has 0 atom stereocenters. The van der Waals surface area contributed by atoms with Crippen LogP contribution in [0, 0.1) is 19.8 Å². The van der Waals surface area contributed by atoms with Gasteiger partial charge in [-0.2, -0.15) is 5.10 Å². The monoisotopic (exact) mass is 348 g/mol. The van der Waals surface area contributed by atoms with E-state index in [0.29, 0.717) is 0 Å². The van der Waals surface area contributed by atoms with Crippen LogP contribution in [0.15, 0.2) is 30.3 Å². The number of hydrogen-bond acceptors (Lipinski definition) is 3. The summed E-state index contributed by atoms with van der Waals surface area (Å²) in [6.45, 7) is 8.89. The number of likely N-dealkylation sites (tertiary alicyclic amines) is 1. The number of aromatic nitrogens is 2. The minimum atomic E-state index is 0. The fourth-order valence-corrected chi connectivity index (χ4v) is 3.59. The third-order valence-electron chi connectivity index (χ3n) is 5.02. The first kappa shape index (κ1) is 19.0. The van der Waals surface area contributed by atoms with Gasteiger partial charge in [0.25, 0.3) is 0 Å². The minimum Gasteiger partial charge on any atom is -0.319 e. The molecule has 24 heavy (non-hydrogen) atoms. The van der Waals surface area contributed by atoms with Crippen molar-refractivity contribution >= 4 is 12.4 Å². The van der Waals surface area contributed by atoms with Gasteiger partial charge in [-0.15, -0.1) is 12.4 Å². The van der Waals surface area contributed by atoms with Crippen molar-refractivity contribution < 1.29 is 0 Å². The largest absolute Gasteiger partial charge is 0.319 e. The lowest BCUT2D eigenvalue weighted by atomic mass is 9.96. The Bertz CT molecular complexity index is 630. The maximum atomic E-state index is 4.77.